The molecule has 3 aliphatic rings. The van der Waals surface area contributed by atoms with Crippen molar-refractivity contribution in [3.8, 4) is 0 Å². The summed E-state index contributed by atoms with van der Waals surface area (Å²) < 4.78 is -0.848. The molecule has 1 saturated heterocycles. The van der Waals surface area contributed by atoms with Crippen LogP contribution in [0, 0.1) is 0 Å². The van der Waals surface area contributed by atoms with Gasteiger partial charge in [0.2, 0.25) is 5.91 Å². The number of rotatable bonds is 16. The number of piperazine rings is 1. The van der Waals surface area contributed by atoms with Crippen molar-refractivity contribution in [2.75, 3.05) is 39.8 Å². The Morgan fingerprint density at radius 3 is 1.74 bits per heavy atom. The Balaban J connectivity index is 1.30. The van der Waals surface area contributed by atoms with Crippen LogP contribution in [0.25, 0.3) is 0 Å². The summed E-state index contributed by atoms with van der Waals surface area (Å²) in [5.74, 6) is 0.269. The molecule has 0 aromatic carbocycles. The molecule has 1 fully saturated rings. The maximum absolute atomic E-state index is 12.8. The number of hydrogen-bond donors (Lipinski definition) is 0. The molecular weight excluding hydrogens is 605 g/mol. The van der Waals surface area contributed by atoms with E-state index in [9.17, 15) is 4.79 Å². The van der Waals surface area contributed by atoms with Gasteiger partial charge >= 0.3 is 0 Å². The summed E-state index contributed by atoms with van der Waals surface area (Å²) in [5.41, 5.74) is 0.794. The molecule has 2 bridgehead atoms. The number of fused-ring (bicyclic) bond motifs is 2. The molecule has 9 heteroatoms. The van der Waals surface area contributed by atoms with Crippen molar-refractivity contribution in [1.82, 2.24) is 4.90 Å². The number of allylic oxidation sites excluding steroid dienone is 3. The standard InChI is InChI=1S/C29H45Cl6N2O/c1-3-4-5-6-7-8-9-10-11-12-13-14-15-16-24(38)36-17-19-37(2,20-18-36)22-23-21-27(32)25(30)26(31)28(23,33)29(27,34)35/h21H,3-20,22H2,1-2H3/q+1/t27-,28+/m0/s1. The number of unbranched alkanes of at least 4 members (excludes halogenated alkanes) is 12. The predicted molar refractivity (Wildman–Crippen MR) is 166 cm³/mol. The fraction of sp³-hybridized carbons (Fsp3) is 0.828. The fourth-order valence-corrected chi connectivity index (χ4v) is 8.59. The van der Waals surface area contributed by atoms with Gasteiger partial charge in [-0.05, 0) is 12.5 Å². The zero-order chi connectivity index (χ0) is 28.0. The molecular formula is C29H45Cl6N2O+. The van der Waals surface area contributed by atoms with Crippen molar-refractivity contribution in [3.05, 3.63) is 21.7 Å². The van der Waals surface area contributed by atoms with Crippen LogP contribution >= 0.6 is 69.6 Å². The Bertz CT molecular complexity index is 882. The first-order valence-electron chi connectivity index (χ1n) is 14.6. The second-order valence-electron chi connectivity index (χ2n) is 11.8. The summed E-state index contributed by atoms with van der Waals surface area (Å²) in [4.78, 5) is 12.2. The summed E-state index contributed by atoms with van der Waals surface area (Å²) in [6.07, 6.45) is 19.5. The molecule has 2 aliphatic carbocycles. The quantitative estimate of drug-likeness (QED) is 0.0706. The second kappa shape index (κ2) is 14.2. The summed E-state index contributed by atoms with van der Waals surface area (Å²) in [5, 5.41) is 0.396. The van der Waals surface area contributed by atoms with E-state index in [2.05, 4.69) is 14.0 Å². The normalized spacial score (nSPS) is 27.8. The largest absolute Gasteiger partial charge is 0.331 e. The molecule has 218 valence electrons. The Labute approximate surface area is 260 Å². The lowest BCUT2D eigenvalue weighted by atomic mass is 9.99. The van der Waals surface area contributed by atoms with Crippen molar-refractivity contribution in [2.24, 2.45) is 0 Å². The second-order valence-corrected chi connectivity index (χ2v) is 15.1. The Hall–Kier alpha value is 0.650. The van der Waals surface area contributed by atoms with Gasteiger partial charge in [-0.25, -0.2) is 0 Å². The minimum atomic E-state index is -1.56. The highest BCUT2D eigenvalue weighted by atomic mass is 35.5. The number of carbonyl (C=O) groups is 1. The average Bonchev–Trinajstić information content (AvgIpc) is 3.09. The lowest BCUT2D eigenvalue weighted by Gasteiger charge is -2.44. The van der Waals surface area contributed by atoms with Crippen LogP contribution in [0.4, 0.5) is 0 Å². The van der Waals surface area contributed by atoms with Crippen LogP contribution in [0.3, 0.4) is 0 Å². The van der Waals surface area contributed by atoms with Crippen LogP contribution in [-0.2, 0) is 4.79 Å². The number of amides is 1. The molecule has 0 saturated carbocycles. The van der Waals surface area contributed by atoms with Gasteiger partial charge in [0.15, 0.2) is 4.33 Å². The van der Waals surface area contributed by atoms with Crippen LogP contribution in [0.1, 0.15) is 96.8 Å². The topological polar surface area (TPSA) is 20.3 Å². The van der Waals surface area contributed by atoms with Crippen LogP contribution in [0.15, 0.2) is 21.7 Å². The number of alkyl halides is 4. The van der Waals surface area contributed by atoms with Crippen molar-refractivity contribution in [1.29, 1.82) is 0 Å². The van der Waals surface area contributed by atoms with E-state index in [1.807, 2.05) is 4.90 Å². The molecule has 0 aromatic heterocycles. The number of likely N-dealkylation sites (N-methyl/N-ethyl adjacent to an activating group) is 1. The third-order valence-corrected chi connectivity index (χ3v) is 12.8. The van der Waals surface area contributed by atoms with Gasteiger partial charge in [-0.3, -0.25) is 4.79 Å². The van der Waals surface area contributed by atoms with Crippen LogP contribution in [0.2, 0.25) is 0 Å². The maximum atomic E-state index is 12.8. The number of nitrogens with zero attached hydrogens (tertiary/aromatic N) is 2. The van der Waals surface area contributed by atoms with Gasteiger partial charge in [0.25, 0.3) is 0 Å². The number of hydrogen-bond acceptors (Lipinski definition) is 1. The first-order valence-corrected chi connectivity index (χ1v) is 16.8. The molecule has 1 amide bonds. The Kier molecular flexibility index (Phi) is 12.4. The first kappa shape index (κ1) is 33.2. The van der Waals surface area contributed by atoms with Gasteiger partial charge in [-0.1, -0.05) is 130 Å². The van der Waals surface area contributed by atoms with Crippen molar-refractivity contribution >= 4 is 75.5 Å². The maximum Gasteiger partial charge on any atom is 0.222 e. The van der Waals surface area contributed by atoms with Crippen molar-refractivity contribution < 1.29 is 9.28 Å². The monoisotopic (exact) mass is 647 g/mol. The zero-order valence-corrected chi connectivity index (χ0v) is 27.6. The fourth-order valence-electron chi connectivity index (χ4n) is 6.05. The molecule has 1 heterocycles. The minimum absolute atomic E-state index is 0.191. The van der Waals surface area contributed by atoms with Crippen LogP contribution in [0.5, 0.6) is 0 Å². The van der Waals surface area contributed by atoms with E-state index in [0.717, 1.165) is 44.6 Å². The third kappa shape index (κ3) is 6.99. The highest BCUT2D eigenvalue weighted by Crippen LogP contribution is 2.71. The summed E-state index contributed by atoms with van der Waals surface area (Å²) >= 11 is 39.8. The molecule has 0 unspecified atom stereocenters. The minimum Gasteiger partial charge on any atom is -0.331 e. The molecule has 1 aliphatic heterocycles. The lowest BCUT2D eigenvalue weighted by molar-refractivity contribution is -0.908. The summed E-state index contributed by atoms with van der Waals surface area (Å²) in [6.45, 7) is 5.94. The Morgan fingerprint density at radius 1 is 0.816 bits per heavy atom. The Morgan fingerprint density at radius 2 is 1.29 bits per heavy atom. The number of carbonyl (C=O) groups excluding carboxylic acids is 1. The van der Waals surface area contributed by atoms with Crippen molar-refractivity contribution in [3.63, 3.8) is 0 Å². The van der Waals surface area contributed by atoms with Gasteiger partial charge in [0.05, 0.1) is 43.3 Å². The van der Waals surface area contributed by atoms with Gasteiger partial charge < -0.3 is 9.38 Å². The summed E-state index contributed by atoms with van der Waals surface area (Å²) in [6, 6.07) is 0. The smallest absolute Gasteiger partial charge is 0.222 e. The first-order chi connectivity index (χ1) is 17.9. The predicted octanol–water partition coefficient (Wildman–Crippen LogP) is 9.53. The highest BCUT2D eigenvalue weighted by Gasteiger charge is 2.75. The third-order valence-electron chi connectivity index (χ3n) is 8.74. The van der Waals surface area contributed by atoms with E-state index < -0.39 is 14.1 Å². The van der Waals surface area contributed by atoms with Gasteiger partial charge in [0.1, 0.15) is 16.3 Å². The molecule has 0 radical (unpaired) electrons. The van der Waals surface area contributed by atoms with E-state index >= 15 is 0 Å². The van der Waals surface area contributed by atoms with Gasteiger partial charge in [-0.15, -0.1) is 23.2 Å². The number of halogens is 6. The molecule has 2 atom stereocenters. The van der Waals surface area contributed by atoms with Gasteiger partial charge in [-0.2, -0.15) is 0 Å². The summed E-state index contributed by atoms with van der Waals surface area (Å²) in [7, 11) is 2.16. The van der Waals surface area contributed by atoms with E-state index in [0.29, 0.717) is 17.4 Å². The molecule has 0 spiro atoms. The highest BCUT2D eigenvalue weighted by molar-refractivity contribution is 6.66. The van der Waals surface area contributed by atoms with Crippen LogP contribution in [-0.4, -0.2) is 69.1 Å². The van der Waals surface area contributed by atoms with Crippen LogP contribution < -0.4 is 0 Å². The molecule has 3 nitrogen and oxygen atoms in total. The molecule has 0 N–H and O–H groups in total. The number of quaternary nitrogens is 1. The molecule has 3 rings (SSSR count). The SMILES string of the molecule is CCCCCCCCCCCCCCCC(=O)N1CC[N+](C)(CC2=C[C@]3(Cl)C(Cl)=C(Cl)[C@@]2(Cl)C3(Cl)Cl)CC1. The lowest BCUT2D eigenvalue weighted by Crippen LogP contribution is -2.60. The van der Waals surface area contributed by atoms with E-state index in [-0.39, 0.29) is 16.0 Å². The van der Waals surface area contributed by atoms with E-state index in [1.54, 1.807) is 6.08 Å². The molecule has 38 heavy (non-hydrogen) atoms. The van der Waals surface area contributed by atoms with E-state index in [1.165, 1.54) is 70.6 Å². The zero-order valence-electron chi connectivity index (χ0n) is 23.1. The van der Waals surface area contributed by atoms with E-state index in [4.69, 9.17) is 69.6 Å². The van der Waals surface area contributed by atoms with Crippen molar-refractivity contribution in [2.45, 2.75) is 111 Å². The average molecular weight is 650 g/mol. The molecule has 0 aromatic rings. The van der Waals surface area contributed by atoms with Gasteiger partial charge in [0, 0.05) is 12.0 Å².